The first-order valence-electron chi connectivity index (χ1n) is 4.07. The van der Waals surface area contributed by atoms with E-state index in [-0.39, 0.29) is 0 Å². The van der Waals surface area contributed by atoms with Crippen molar-refractivity contribution >= 4 is 17.5 Å². The lowest BCUT2D eigenvalue weighted by Crippen LogP contribution is -1.93. The van der Waals surface area contributed by atoms with Crippen molar-refractivity contribution in [2.24, 2.45) is 0 Å². The molecular formula is C8H9N5S. The Labute approximate surface area is 85.2 Å². The largest absolute Gasteiger partial charge is 0.367 e. The smallest absolute Gasteiger partial charge is 0.232 e. The lowest BCUT2D eigenvalue weighted by Gasteiger charge is -1.99. The fourth-order valence-electron chi connectivity index (χ4n) is 1.11. The zero-order valence-electron chi connectivity index (χ0n) is 7.85. The molecule has 0 amide bonds. The van der Waals surface area contributed by atoms with Crippen LogP contribution in [-0.4, -0.2) is 19.6 Å². The van der Waals surface area contributed by atoms with E-state index in [0.717, 1.165) is 22.0 Å². The van der Waals surface area contributed by atoms with Crippen molar-refractivity contribution in [3.05, 3.63) is 17.5 Å². The van der Waals surface area contributed by atoms with Gasteiger partial charge in [-0.3, -0.25) is 0 Å². The minimum absolute atomic E-state index is 0.305. The molecule has 5 nitrogen and oxygen atoms in total. The Bertz CT molecular complexity index is 465. The summed E-state index contributed by atoms with van der Waals surface area (Å²) in [6, 6.07) is 1.93. The molecule has 0 aliphatic rings. The molecule has 72 valence electrons. The molecule has 0 aliphatic heterocycles. The minimum atomic E-state index is 0.305. The first kappa shape index (κ1) is 9.01. The third-order valence-corrected chi connectivity index (χ3v) is 2.54. The number of hydrogen-bond donors (Lipinski definition) is 1. The highest BCUT2D eigenvalue weighted by molar-refractivity contribution is 7.09. The molecule has 2 rings (SSSR count). The second-order valence-electron chi connectivity index (χ2n) is 2.94. The molecule has 2 heterocycles. The van der Waals surface area contributed by atoms with Gasteiger partial charge in [0.2, 0.25) is 5.95 Å². The van der Waals surface area contributed by atoms with Crippen LogP contribution in [0.15, 0.2) is 6.07 Å². The Morgan fingerprint density at radius 1 is 1.29 bits per heavy atom. The van der Waals surface area contributed by atoms with Gasteiger partial charge in [0.05, 0.1) is 11.4 Å². The molecule has 2 aromatic rings. The minimum Gasteiger partial charge on any atom is -0.367 e. The van der Waals surface area contributed by atoms with Crippen molar-refractivity contribution < 1.29 is 0 Å². The molecule has 0 saturated carbocycles. The summed E-state index contributed by atoms with van der Waals surface area (Å²) in [5, 5.41) is 8.75. The number of nitrogens with zero attached hydrogens (tertiary/aromatic N) is 4. The summed E-state index contributed by atoms with van der Waals surface area (Å²) in [4.78, 5) is 4.10. The maximum atomic E-state index is 5.46. The number of anilines is 1. The molecule has 2 aromatic heterocycles. The maximum Gasteiger partial charge on any atom is 0.232 e. The van der Waals surface area contributed by atoms with Gasteiger partial charge in [0.15, 0.2) is 0 Å². The molecule has 14 heavy (non-hydrogen) atoms. The summed E-state index contributed by atoms with van der Waals surface area (Å²) in [6.07, 6.45) is 0. The van der Waals surface area contributed by atoms with Crippen molar-refractivity contribution in [2.75, 3.05) is 5.73 Å². The molecule has 0 aliphatic carbocycles. The van der Waals surface area contributed by atoms with E-state index in [1.165, 1.54) is 11.5 Å². The third-order valence-electron chi connectivity index (χ3n) is 1.77. The summed E-state index contributed by atoms with van der Waals surface area (Å²) >= 11 is 1.27. The quantitative estimate of drug-likeness (QED) is 0.760. The molecule has 0 saturated heterocycles. The van der Waals surface area contributed by atoms with Gasteiger partial charge in [0.25, 0.3) is 0 Å². The van der Waals surface area contributed by atoms with Crippen LogP contribution in [0.3, 0.4) is 0 Å². The lowest BCUT2D eigenvalue weighted by molar-refractivity contribution is 0.943. The summed E-state index contributed by atoms with van der Waals surface area (Å²) in [5.74, 6) is 0.305. The molecule has 0 unspecified atom stereocenters. The number of aryl methyl sites for hydroxylation is 2. The summed E-state index contributed by atoms with van der Waals surface area (Å²) in [7, 11) is 0. The van der Waals surface area contributed by atoms with Gasteiger partial charge in [-0.15, -0.1) is 0 Å². The Morgan fingerprint density at radius 3 is 2.71 bits per heavy atom. The van der Waals surface area contributed by atoms with E-state index < -0.39 is 0 Å². The van der Waals surface area contributed by atoms with Crippen LogP contribution in [0, 0.1) is 13.8 Å². The van der Waals surface area contributed by atoms with Gasteiger partial charge in [-0.25, -0.2) is 0 Å². The first-order valence-corrected chi connectivity index (χ1v) is 4.84. The molecule has 0 radical (unpaired) electrons. The summed E-state index contributed by atoms with van der Waals surface area (Å²) in [6.45, 7) is 3.78. The number of nitrogens with two attached hydrogens (primary N) is 1. The van der Waals surface area contributed by atoms with E-state index in [2.05, 4.69) is 19.6 Å². The van der Waals surface area contributed by atoms with Gasteiger partial charge >= 0.3 is 0 Å². The Balaban J connectivity index is 2.55. The molecule has 0 aromatic carbocycles. The fourth-order valence-corrected chi connectivity index (χ4v) is 1.77. The second kappa shape index (κ2) is 3.30. The van der Waals surface area contributed by atoms with Crippen LogP contribution in [0.2, 0.25) is 0 Å². The number of hydrogen-bond acceptors (Lipinski definition) is 6. The van der Waals surface area contributed by atoms with E-state index in [1.807, 2.05) is 19.9 Å². The van der Waals surface area contributed by atoms with E-state index in [9.17, 15) is 0 Å². The van der Waals surface area contributed by atoms with Crippen molar-refractivity contribution in [3.63, 3.8) is 0 Å². The van der Waals surface area contributed by atoms with Crippen LogP contribution in [0.5, 0.6) is 0 Å². The molecular weight excluding hydrogens is 198 g/mol. The second-order valence-corrected chi connectivity index (χ2v) is 3.69. The molecule has 0 bridgehead atoms. The predicted octanol–water partition coefficient (Wildman–Crippen LogP) is 1.19. The monoisotopic (exact) mass is 207 g/mol. The standard InChI is InChI=1S/C8H9N5S/c1-4-3-6(5(2)12-11-4)7-10-8(9)13-14-7/h3H,1-2H3,(H2,9,13). The SMILES string of the molecule is Cc1cc(-c2nc(N)ns2)c(C)nn1. The topological polar surface area (TPSA) is 77.6 Å². The predicted molar refractivity (Wildman–Crippen MR) is 54.8 cm³/mol. The first-order chi connectivity index (χ1) is 6.66. The van der Waals surface area contributed by atoms with Crippen LogP contribution in [-0.2, 0) is 0 Å². The molecule has 0 spiro atoms. The number of nitrogen functional groups attached to an aromatic ring is 1. The van der Waals surface area contributed by atoms with E-state index in [0.29, 0.717) is 5.95 Å². The Hall–Kier alpha value is -1.56. The van der Waals surface area contributed by atoms with Gasteiger partial charge in [-0.1, -0.05) is 0 Å². The average molecular weight is 207 g/mol. The maximum absolute atomic E-state index is 5.46. The molecule has 2 N–H and O–H groups in total. The van der Waals surface area contributed by atoms with Gasteiger partial charge in [-0.05, 0) is 31.4 Å². The van der Waals surface area contributed by atoms with Crippen molar-refractivity contribution in [2.45, 2.75) is 13.8 Å². The van der Waals surface area contributed by atoms with Crippen molar-refractivity contribution in [1.82, 2.24) is 19.6 Å². The molecule has 6 heteroatoms. The molecule has 0 fully saturated rings. The van der Waals surface area contributed by atoms with Crippen LogP contribution in [0.1, 0.15) is 11.4 Å². The van der Waals surface area contributed by atoms with E-state index in [4.69, 9.17) is 5.73 Å². The van der Waals surface area contributed by atoms with Gasteiger partial charge < -0.3 is 5.73 Å². The Morgan fingerprint density at radius 2 is 2.07 bits per heavy atom. The van der Waals surface area contributed by atoms with E-state index in [1.54, 1.807) is 0 Å². The van der Waals surface area contributed by atoms with Gasteiger partial charge in [0.1, 0.15) is 5.01 Å². The van der Waals surface area contributed by atoms with Crippen LogP contribution < -0.4 is 5.73 Å². The highest BCUT2D eigenvalue weighted by atomic mass is 32.1. The fraction of sp³-hybridized carbons (Fsp3) is 0.250. The highest BCUT2D eigenvalue weighted by Gasteiger charge is 2.08. The van der Waals surface area contributed by atoms with E-state index >= 15 is 0 Å². The highest BCUT2D eigenvalue weighted by Crippen LogP contribution is 2.24. The van der Waals surface area contributed by atoms with Crippen molar-refractivity contribution in [1.29, 1.82) is 0 Å². The van der Waals surface area contributed by atoms with Crippen LogP contribution in [0.25, 0.3) is 10.6 Å². The summed E-state index contributed by atoms with van der Waals surface area (Å²) < 4.78 is 3.92. The van der Waals surface area contributed by atoms with Crippen molar-refractivity contribution in [3.8, 4) is 10.6 Å². The third kappa shape index (κ3) is 1.56. The normalized spacial score (nSPS) is 10.4. The number of aromatic nitrogens is 4. The van der Waals surface area contributed by atoms with Gasteiger partial charge in [-0.2, -0.15) is 19.6 Å². The Kier molecular flexibility index (Phi) is 2.12. The lowest BCUT2D eigenvalue weighted by atomic mass is 10.2. The van der Waals surface area contributed by atoms with Gasteiger partial charge in [0, 0.05) is 5.56 Å². The number of rotatable bonds is 1. The molecule has 0 atom stereocenters. The zero-order chi connectivity index (χ0) is 10.1. The summed E-state index contributed by atoms with van der Waals surface area (Å²) in [5.41, 5.74) is 8.11. The van der Waals surface area contributed by atoms with Crippen LogP contribution in [0.4, 0.5) is 5.95 Å². The zero-order valence-corrected chi connectivity index (χ0v) is 8.67. The van der Waals surface area contributed by atoms with Crippen LogP contribution >= 0.6 is 11.5 Å². The average Bonchev–Trinajstić information content (AvgIpc) is 2.56.